The molecular formula is C14H21FN2O. The number of hydrogen-bond acceptors (Lipinski definition) is 3. The van der Waals surface area contributed by atoms with Gasteiger partial charge in [0, 0.05) is 24.3 Å². The molecule has 18 heavy (non-hydrogen) atoms. The van der Waals surface area contributed by atoms with Crippen LogP contribution in [-0.2, 0) is 5.60 Å². The van der Waals surface area contributed by atoms with Crippen LogP contribution in [0.15, 0.2) is 18.5 Å². The van der Waals surface area contributed by atoms with E-state index in [2.05, 4.69) is 23.7 Å². The van der Waals surface area contributed by atoms with Crippen LogP contribution in [0.5, 0.6) is 0 Å². The van der Waals surface area contributed by atoms with Crippen LogP contribution in [0, 0.1) is 5.82 Å². The molecule has 2 heterocycles. The summed E-state index contributed by atoms with van der Waals surface area (Å²) in [7, 11) is 0. The van der Waals surface area contributed by atoms with Crippen LogP contribution < -0.4 is 0 Å². The zero-order valence-corrected chi connectivity index (χ0v) is 11.1. The Morgan fingerprint density at radius 2 is 2.11 bits per heavy atom. The predicted molar refractivity (Wildman–Crippen MR) is 68.7 cm³/mol. The maximum Gasteiger partial charge on any atom is 0.141 e. The number of aliphatic hydroxyl groups is 1. The molecule has 0 aromatic carbocycles. The first kappa shape index (κ1) is 13.4. The van der Waals surface area contributed by atoms with E-state index in [1.807, 2.05) is 0 Å². The average Bonchev–Trinajstić information content (AvgIpc) is 2.52. The SMILES string of the molecule is CC(C)N1CCCC(O)(c2cncc(F)c2)CC1. The van der Waals surface area contributed by atoms with Gasteiger partial charge in [0.25, 0.3) is 0 Å². The summed E-state index contributed by atoms with van der Waals surface area (Å²) in [6.45, 7) is 6.15. The van der Waals surface area contributed by atoms with E-state index in [-0.39, 0.29) is 5.82 Å². The van der Waals surface area contributed by atoms with Gasteiger partial charge >= 0.3 is 0 Å². The van der Waals surface area contributed by atoms with Crippen molar-refractivity contribution in [2.24, 2.45) is 0 Å². The van der Waals surface area contributed by atoms with Crippen molar-refractivity contribution in [2.75, 3.05) is 13.1 Å². The second-order valence-corrected chi connectivity index (χ2v) is 5.41. The van der Waals surface area contributed by atoms with Crippen LogP contribution in [0.1, 0.15) is 38.7 Å². The van der Waals surface area contributed by atoms with Crippen molar-refractivity contribution in [1.29, 1.82) is 0 Å². The second kappa shape index (κ2) is 5.33. The Labute approximate surface area is 108 Å². The quantitative estimate of drug-likeness (QED) is 0.877. The van der Waals surface area contributed by atoms with E-state index in [4.69, 9.17) is 0 Å². The largest absolute Gasteiger partial charge is 0.385 e. The Hall–Kier alpha value is -1.00. The summed E-state index contributed by atoms with van der Waals surface area (Å²) in [6, 6.07) is 1.89. The van der Waals surface area contributed by atoms with Gasteiger partial charge in [0.05, 0.1) is 11.8 Å². The predicted octanol–water partition coefficient (Wildman–Crippen LogP) is 2.30. The summed E-state index contributed by atoms with van der Waals surface area (Å²) in [5, 5.41) is 10.7. The van der Waals surface area contributed by atoms with Crippen LogP contribution in [0.3, 0.4) is 0 Å². The summed E-state index contributed by atoms with van der Waals surface area (Å²) in [5.41, 5.74) is -0.327. The first-order valence-corrected chi connectivity index (χ1v) is 6.59. The zero-order valence-electron chi connectivity index (χ0n) is 11.1. The first-order chi connectivity index (χ1) is 8.51. The number of halogens is 1. The Morgan fingerprint density at radius 3 is 2.78 bits per heavy atom. The van der Waals surface area contributed by atoms with Gasteiger partial charge in [-0.3, -0.25) is 4.98 Å². The fourth-order valence-electron chi connectivity index (χ4n) is 2.61. The van der Waals surface area contributed by atoms with Crippen molar-refractivity contribution in [3.05, 3.63) is 29.8 Å². The highest BCUT2D eigenvalue weighted by molar-refractivity contribution is 5.19. The second-order valence-electron chi connectivity index (χ2n) is 5.41. The fraction of sp³-hybridized carbons (Fsp3) is 0.643. The molecule has 0 saturated carbocycles. The molecule has 4 heteroatoms. The van der Waals surface area contributed by atoms with Gasteiger partial charge in [0.1, 0.15) is 5.82 Å². The number of rotatable bonds is 2. The molecule has 2 rings (SSSR count). The lowest BCUT2D eigenvalue weighted by Gasteiger charge is -2.28. The first-order valence-electron chi connectivity index (χ1n) is 6.59. The molecule has 0 amide bonds. The van der Waals surface area contributed by atoms with Crippen molar-refractivity contribution in [3.8, 4) is 0 Å². The van der Waals surface area contributed by atoms with Crippen LogP contribution in [0.4, 0.5) is 4.39 Å². The van der Waals surface area contributed by atoms with E-state index in [0.717, 1.165) is 19.5 Å². The molecular weight excluding hydrogens is 231 g/mol. The minimum atomic E-state index is -0.932. The minimum Gasteiger partial charge on any atom is -0.385 e. The van der Waals surface area contributed by atoms with Crippen molar-refractivity contribution < 1.29 is 9.50 Å². The van der Waals surface area contributed by atoms with Crippen LogP contribution in [-0.4, -0.2) is 34.1 Å². The van der Waals surface area contributed by atoms with Gasteiger partial charge in [0.2, 0.25) is 0 Å². The monoisotopic (exact) mass is 252 g/mol. The van der Waals surface area contributed by atoms with E-state index in [1.165, 1.54) is 12.3 Å². The fourth-order valence-corrected chi connectivity index (χ4v) is 2.61. The Morgan fingerprint density at radius 1 is 1.33 bits per heavy atom. The molecule has 1 saturated heterocycles. The number of nitrogens with zero attached hydrogens (tertiary/aromatic N) is 2. The van der Waals surface area contributed by atoms with Gasteiger partial charge in [-0.2, -0.15) is 0 Å². The molecule has 1 aliphatic rings. The van der Waals surface area contributed by atoms with E-state index in [1.54, 1.807) is 6.20 Å². The van der Waals surface area contributed by atoms with Gasteiger partial charge in [-0.05, 0) is 45.7 Å². The molecule has 1 N–H and O–H groups in total. The van der Waals surface area contributed by atoms with E-state index in [0.29, 0.717) is 24.4 Å². The molecule has 1 aromatic rings. The Bertz CT molecular complexity index is 411. The topological polar surface area (TPSA) is 36.4 Å². The maximum absolute atomic E-state index is 13.2. The summed E-state index contributed by atoms with van der Waals surface area (Å²) < 4.78 is 13.2. The van der Waals surface area contributed by atoms with E-state index < -0.39 is 5.60 Å². The highest BCUT2D eigenvalue weighted by atomic mass is 19.1. The number of hydrogen-bond donors (Lipinski definition) is 1. The standard InChI is InChI=1S/C14H21FN2O/c1-11(2)17-6-3-4-14(18,5-7-17)12-8-13(15)10-16-9-12/h8-11,18H,3-7H2,1-2H3. The molecule has 1 fully saturated rings. The highest BCUT2D eigenvalue weighted by Crippen LogP contribution is 2.33. The summed E-state index contributed by atoms with van der Waals surface area (Å²) in [6.07, 6.45) is 4.97. The summed E-state index contributed by atoms with van der Waals surface area (Å²) >= 11 is 0. The lowest BCUT2D eigenvalue weighted by Crippen LogP contribution is -2.33. The summed E-state index contributed by atoms with van der Waals surface area (Å²) in [4.78, 5) is 6.19. The average molecular weight is 252 g/mol. The third-order valence-corrected chi connectivity index (χ3v) is 3.82. The minimum absolute atomic E-state index is 0.383. The molecule has 100 valence electrons. The molecule has 1 aliphatic heterocycles. The molecule has 1 atom stereocenters. The Balaban J connectivity index is 2.16. The number of aromatic nitrogens is 1. The third-order valence-electron chi connectivity index (χ3n) is 3.82. The van der Waals surface area contributed by atoms with E-state index in [9.17, 15) is 9.50 Å². The van der Waals surface area contributed by atoms with Crippen molar-refractivity contribution in [3.63, 3.8) is 0 Å². The van der Waals surface area contributed by atoms with Crippen molar-refractivity contribution in [1.82, 2.24) is 9.88 Å². The lowest BCUT2D eigenvalue weighted by atomic mass is 9.88. The molecule has 1 unspecified atom stereocenters. The Kier molecular flexibility index (Phi) is 3.97. The number of pyridine rings is 1. The van der Waals surface area contributed by atoms with Gasteiger partial charge in [-0.1, -0.05) is 0 Å². The normalized spacial score (nSPS) is 26.3. The zero-order chi connectivity index (χ0) is 13.2. The molecule has 3 nitrogen and oxygen atoms in total. The summed E-state index contributed by atoms with van der Waals surface area (Å²) in [5.74, 6) is -0.383. The smallest absolute Gasteiger partial charge is 0.141 e. The van der Waals surface area contributed by atoms with Gasteiger partial charge in [-0.25, -0.2) is 4.39 Å². The van der Waals surface area contributed by atoms with Crippen molar-refractivity contribution >= 4 is 0 Å². The lowest BCUT2D eigenvalue weighted by molar-refractivity contribution is 0.0197. The van der Waals surface area contributed by atoms with Crippen molar-refractivity contribution in [2.45, 2.75) is 44.8 Å². The molecule has 0 spiro atoms. The maximum atomic E-state index is 13.2. The van der Waals surface area contributed by atoms with Gasteiger partial charge in [-0.15, -0.1) is 0 Å². The molecule has 1 aromatic heterocycles. The molecule has 0 radical (unpaired) electrons. The van der Waals surface area contributed by atoms with E-state index >= 15 is 0 Å². The molecule has 0 aliphatic carbocycles. The highest BCUT2D eigenvalue weighted by Gasteiger charge is 2.33. The van der Waals surface area contributed by atoms with Crippen LogP contribution in [0.25, 0.3) is 0 Å². The van der Waals surface area contributed by atoms with Gasteiger partial charge in [0.15, 0.2) is 0 Å². The number of likely N-dealkylation sites (tertiary alicyclic amines) is 1. The molecule has 0 bridgehead atoms. The van der Waals surface area contributed by atoms with Gasteiger partial charge < -0.3 is 10.0 Å². The third kappa shape index (κ3) is 2.87. The van der Waals surface area contributed by atoms with Crippen LogP contribution >= 0.6 is 0 Å². The van der Waals surface area contributed by atoms with Crippen LogP contribution in [0.2, 0.25) is 0 Å².